The van der Waals surface area contributed by atoms with Crippen molar-refractivity contribution in [2.45, 2.75) is 13.5 Å². The van der Waals surface area contributed by atoms with E-state index >= 15 is 0 Å². The molecule has 3 rings (SSSR count). The molecule has 5 heteroatoms. The van der Waals surface area contributed by atoms with Crippen LogP contribution in [0.25, 0.3) is 0 Å². The molecule has 0 unspecified atom stereocenters. The van der Waals surface area contributed by atoms with Gasteiger partial charge in [-0.1, -0.05) is 12.1 Å². The van der Waals surface area contributed by atoms with E-state index in [-0.39, 0.29) is 11.8 Å². The Balaban J connectivity index is 1.71. The second-order valence-electron chi connectivity index (χ2n) is 4.94. The standard InChI is InChI=1S/C15H15FN2OS/c1-11-8-14(20-10-11)18-7-6-17(15(18)19)9-12-2-4-13(16)5-3-12/h2-5,8,10H,6-7,9H2,1H3. The summed E-state index contributed by atoms with van der Waals surface area (Å²) in [6, 6.07) is 8.36. The molecule has 0 atom stereocenters. The monoisotopic (exact) mass is 290 g/mol. The number of aryl methyl sites for hydroxylation is 1. The van der Waals surface area contributed by atoms with E-state index < -0.39 is 0 Å². The molecule has 1 saturated heterocycles. The zero-order chi connectivity index (χ0) is 14.1. The molecule has 1 aromatic carbocycles. The Labute approximate surface area is 121 Å². The molecule has 1 aliphatic rings. The molecule has 0 aliphatic carbocycles. The van der Waals surface area contributed by atoms with Crippen molar-refractivity contribution in [1.82, 2.24) is 4.90 Å². The molecular formula is C15H15FN2OS. The van der Waals surface area contributed by atoms with Gasteiger partial charge < -0.3 is 4.90 Å². The Kier molecular flexibility index (Phi) is 3.44. The fourth-order valence-electron chi connectivity index (χ4n) is 2.30. The van der Waals surface area contributed by atoms with E-state index in [1.165, 1.54) is 17.7 Å². The van der Waals surface area contributed by atoms with E-state index in [0.29, 0.717) is 19.6 Å². The summed E-state index contributed by atoms with van der Waals surface area (Å²) in [7, 11) is 0. The normalized spacial score (nSPS) is 15.2. The second kappa shape index (κ2) is 5.25. The minimum atomic E-state index is -0.253. The van der Waals surface area contributed by atoms with Crippen LogP contribution in [0.4, 0.5) is 14.2 Å². The SMILES string of the molecule is Cc1csc(N2CCN(Cc3ccc(F)cc3)C2=O)c1. The number of rotatable bonds is 3. The number of amides is 2. The zero-order valence-electron chi connectivity index (χ0n) is 11.2. The van der Waals surface area contributed by atoms with Crippen molar-refractivity contribution < 1.29 is 9.18 Å². The van der Waals surface area contributed by atoms with E-state index in [1.807, 2.05) is 18.4 Å². The van der Waals surface area contributed by atoms with Crippen LogP contribution in [0, 0.1) is 12.7 Å². The van der Waals surface area contributed by atoms with Crippen molar-refractivity contribution in [2.24, 2.45) is 0 Å². The molecule has 104 valence electrons. The minimum absolute atomic E-state index is 0.0242. The number of hydrogen-bond donors (Lipinski definition) is 0. The molecule has 0 bridgehead atoms. The Morgan fingerprint density at radius 2 is 2.00 bits per heavy atom. The van der Waals surface area contributed by atoms with Gasteiger partial charge in [0, 0.05) is 19.6 Å². The van der Waals surface area contributed by atoms with Gasteiger partial charge in [-0.2, -0.15) is 0 Å². The maximum atomic E-state index is 12.9. The molecule has 20 heavy (non-hydrogen) atoms. The van der Waals surface area contributed by atoms with Gasteiger partial charge in [-0.3, -0.25) is 4.90 Å². The first-order chi connectivity index (χ1) is 9.63. The van der Waals surface area contributed by atoms with Crippen LogP contribution in [0.5, 0.6) is 0 Å². The number of halogens is 1. The number of carbonyl (C=O) groups excluding carboxylic acids is 1. The van der Waals surface area contributed by atoms with Crippen molar-refractivity contribution >= 4 is 22.4 Å². The van der Waals surface area contributed by atoms with Gasteiger partial charge in [0.15, 0.2) is 0 Å². The number of thiophene rings is 1. The second-order valence-corrected chi connectivity index (χ2v) is 5.83. The quantitative estimate of drug-likeness (QED) is 0.846. The maximum absolute atomic E-state index is 12.9. The van der Waals surface area contributed by atoms with Gasteiger partial charge in [0.2, 0.25) is 0 Å². The molecule has 1 aliphatic heterocycles. The van der Waals surface area contributed by atoms with Crippen molar-refractivity contribution in [2.75, 3.05) is 18.0 Å². The summed E-state index contributed by atoms with van der Waals surface area (Å²) < 4.78 is 12.9. The Morgan fingerprint density at radius 1 is 1.25 bits per heavy atom. The van der Waals surface area contributed by atoms with Gasteiger partial charge >= 0.3 is 6.03 Å². The van der Waals surface area contributed by atoms with Crippen molar-refractivity contribution in [1.29, 1.82) is 0 Å². The van der Waals surface area contributed by atoms with Crippen LogP contribution in [-0.4, -0.2) is 24.0 Å². The van der Waals surface area contributed by atoms with Crippen LogP contribution in [0.1, 0.15) is 11.1 Å². The number of nitrogens with zero attached hydrogens (tertiary/aromatic N) is 2. The summed E-state index contributed by atoms with van der Waals surface area (Å²) in [4.78, 5) is 16.0. The molecule has 2 amide bonds. The summed E-state index contributed by atoms with van der Waals surface area (Å²) in [6.07, 6.45) is 0. The predicted molar refractivity (Wildman–Crippen MR) is 78.6 cm³/mol. The number of hydrogen-bond acceptors (Lipinski definition) is 2. The van der Waals surface area contributed by atoms with Crippen LogP contribution in [0.2, 0.25) is 0 Å². The Hall–Kier alpha value is -1.88. The Morgan fingerprint density at radius 3 is 2.65 bits per heavy atom. The van der Waals surface area contributed by atoms with Gasteiger partial charge in [-0.25, -0.2) is 9.18 Å². The molecule has 2 heterocycles. The van der Waals surface area contributed by atoms with E-state index in [0.717, 1.165) is 10.6 Å². The van der Waals surface area contributed by atoms with Crippen LogP contribution in [-0.2, 0) is 6.54 Å². The lowest BCUT2D eigenvalue weighted by atomic mass is 10.2. The van der Waals surface area contributed by atoms with Gasteiger partial charge in [0.1, 0.15) is 5.82 Å². The summed E-state index contributed by atoms with van der Waals surface area (Å²) in [6.45, 7) is 3.96. The van der Waals surface area contributed by atoms with E-state index in [4.69, 9.17) is 0 Å². The van der Waals surface area contributed by atoms with Crippen LogP contribution >= 0.6 is 11.3 Å². The molecule has 3 nitrogen and oxygen atoms in total. The summed E-state index contributed by atoms with van der Waals surface area (Å²) in [5.41, 5.74) is 2.12. The minimum Gasteiger partial charge on any atom is -0.318 e. The molecule has 2 aromatic rings. The first kappa shape index (κ1) is 13.1. The highest BCUT2D eigenvalue weighted by Crippen LogP contribution is 2.28. The van der Waals surface area contributed by atoms with Crippen molar-refractivity contribution in [3.63, 3.8) is 0 Å². The third-order valence-electron chi connectivity index (χ3n) is 3.36. The van der Waals surface area contributed by atoms with Crippen molar-refractivity contribution in [3.8, 4) is 0 Å². The van der Waals surface area contributed by atoms with Crippen molar-refractivity contribution in [3.05, 3.63) is 52.7 Å². The molecule has 0 radical (unpaired) electrons. The largest absolute Gasteiger partial charge is 0.325 e. The highest BCUT2D eigenvalue weighted by atomic mass is 32.1. The average molecular weight is 290 g/mol. The van der Waals surface area contributed by atoms with Gasteiger partial charge in [0.25, 0.3) is 0 Å². The summed E-state index contributed by atoms with van der Waals surface area (Å²) in [5.74, 6) is -0.253. The number of anilines is 1. The highest BCUT2D eigenvalue weighted by molar-refractivity contribution is 7.14. The smallest absolute Gasteiger partial charge is 0.318 e. The third kappa shape index (κ3) is 2.54. The van der Waals surface area contributed by atoms with E-state index in [9.17, 15) is 9.18 Å². The maximum Gasteiger partial charge on any atom is 0.325 e. The lowest BCUT2D eigenvalue weighted by Crippen LogP contribution is -2.30. The highest BCUT2D eigenvalue weighted by Gasteiger charge is 2.30. The van der Waals surface area contributed by atoms with Crippen LogP contribution in [0.3, 0.4) is 0 Å². The van der Waals surface area contributed by atoms with E-state index in [2.05, 4.69) is 0 Å². The molecule has 1 aromatic heterocycles. The average Bonchev–Trinajstić information content (AvgIpc) is 3.00. The first-order valence-corrected chi connectivity index (χ1v) is 7.37. The molecular weight excluding hydrogens is 275 g/mol. The van der Waals surface area contributed by atoms with Gasteiger partial charge in [-0.05, 0) is 41.6 Å². The topological polar surface area (TPSA) is 23.6 Å². The molecule has 0 saturated carbocycles. The van der Waals surface area contributed by atoms with E-state index in [1.54, 1.807) is 33.3 Å². The summed E-state index contributed by atoms with van der Waals surface area (Å²) in [5, 5.41) is 3.04. The first-order valence-electron chi connectivity index (χ1n) is 6.49. The van der Waals surface area contributed by atoms with Gasteiger partial charge in [0.05, 0.1) is 5.00 Å². The molecule has 0 N–H and O–H groups in total. The third-order valence-corrected chi connectivity index (χ3v) is 4.43. The van der Waals surface area contributed by atoms with Crippen LogP contribution < -0.4 is 4.90 Å². The number of benzene rings is 1. The van der Waals surface area contributed by atoms with Gasteiger partial charge in [-0.15, -0.1) is 11.3 Å². The molecule has 0 spiro atoms. The lowest BCUT2D eigenvalue weighted by Gasteiger charge is -2.17. The fourth-order valence-corrected chi connectivity index (χ4v) is 3.23. The predicted octanol–water partition coefficient (Wildman–Crippen LogP) is 3.64. The number of carbonyl (C=O) groups is 1. The fraction of sp³-hybridized carbons (Fsp3) is 0.267. The molecule has 1 fully saturated rings. The summed E-state index contributed by atoms with van der Waals surface area (Å²) >= 11 is 1.59. The Bertz CT molecular complexity index is 623. The lowest BCUT2D eigenvalue weighted by molar-refractivity contribution is 0.219. The number of urea groups is 1. The zero-order valence-corrected chi connectivity index (χ0v) is 12.0. The van der Waals surface area contributed by atoms with Crippen LogP contribution in [0.15, 0.2) is 35.7 Å².